The molecule has 1 fully saturated rings. The Morgan fingerprint density at radius 2 is 2.56 bits per heavy atom. The fraction of sp³-hybridized carbons (Fsp3) is 0.800. The van der Waals surface area contributed by atoms with Crippen molar-refractivity contribution in [3.05, 3.63) is 0 Å². The molecule has 1 atom stereocenters. The fourth-order valence-corrected chi connectivity index (χ4v) is 0.768. The van der Waals surface area contributed by atoms with Crippen LogP contribution in [0.3, 0.4) is 0 Å². The number of piperazine rings is 1. The monoisotopic (exact) mass is 129 g/mol. The van der Waals surface area contributed by atoms with Gasteiger partial charge in [-0.25, -0.2) is 5.32 Å². The topological polar surface area (TPSA) is 63.4 Å². The Hall–Kier alpha value is -0.610. The molecule has 0 saturated carbocycles. The van der Waals surface area contributed by atoms with E-state index >= 15 is 0 Å². The van der Waals surface area contributed by atoms with Crippen LogP contribution in [0.1, 0.15) is 0 Å². The molecule has 0 aliphatic carbocycles. The lowest BCUT2D eigenvalue weighted by Gasteiger charge is -2.18. The van der Waals surface area contributed by atoms with Gasteiger partial charge in [0.05, 0.1) is 0 Å². The summed E-state index contributed by atoms with van der Waals surface area (Å²) in [6, 6.07) is -0.515. The minimum Gasteiger partial charge on any atom is -0.480 e. The van der Waals surface area contributed by atoms with Crippen LogP contribution in [0.4, 0.5) is 0 Å². The van der Waals surface area contributed by atoms with Crippen LogP contribution in [-0.2, 0) is 4.79 Å². The first-order valence-corrected chi connectivity index (χ1v) is 2.91. The molecule has 1 heterocycles. The van der Waals surface area contributed by atoms with Gasteiger partial charge in [0.1, 0.15) is 6.04 Å². The zero-order chi connectivity index (χ0) is 6.69. The summed E-state index contributed by atoms with van der Waals surface area (Å²) in [4.78, 5) is 10.2. The molecule has 0 bridgehead atoms. The Bertz CT molecular complexity index is 110. The molecule has 4 nitrogen and oxygen atoms in total. The summed E-state index contributed by atoms with van der Waals surface area (Å²) in [5.41, 5.74) is 0. The summed E-state index contributed by atoms with van der Waals surface area (Å²) in [6.07, 6.45) is 0. The third kappa shape index (κ3) is 1.65. The second kappa shape index (κ2) is 2.80. The molecule has 51 valence electrons. The molecule has 1 aliphatic rings. The number of nitrogens with one attached hydrogen (secondary N) is 1. The Kier molecular flexibility index (Phi) is 2.02. The highest BCUT2D eigenvalue weighted by Gasteiger charge is 2.19. The zero-order valence-electron chi connectivity index (χ0n) is 5.00. The lowest BCUT2D eigenvalue weighted by molar-refractivity contribution is -0.139. The predicted molar refractivity (Wildman–Crippen MR) is 31.3 cm³/mol. The maximum absolute atomic E-state index is 10.2. The van der Waals surface area contributed by atoms with Crippen LogP contribution < -0.4 is 10.6 Å². The van der Waals surface area contributed by atoms with Crippen LogP contribution >= 0.6 is 0 Å². The van der Waals surface area contributed by atoms with Gasteiger partial charge in [-0.1, -0.05) is 0 Å². The number of carboxylic acid groups (broad SMARTS) is 1. The molecule has 1 aliphatic heterocycles. The summed E-state index contributed by atoms with van der Waals surface area (Å²) >= 11 is 0. The van der Waals surface area contributed by atoms with Gasteiger partial charge in [0, 0.05) is 19.6 Å². The highest BCUT2D eigenvalue weighted by molar-refractivity contribution is 5.73. The van der Waals surface area contributed by atoms with E-state index in [0.717, 1.165) is 6.54 Å². The van der Waals surface area contributed by atoms with E-state index < -0.39 is 12.0 Å². The first-order valence-electron chi connectivity index (χ1n) is 2.91. The number of rotatable bonds is 1. The van der Waals surface area contributed by atoms with Crippen LogP contribution in [-0.4, -0.2) is 36.8 Å². The van der Waals surface area contributed by atoms with Crippen molar-refractivity contribution in [1.82, 2.24) is 10.6 Å². The van der Waals surface area contributed by atoms with Crippen molar-refractivity contribution in [1.29, 1.82) is 0 Å². The Balaban J connectivity index is 2.31. The number of aliphatic carboxylic acids is 1. The molecule has 1 radical (unpaired) electrons. The standard InChI is InChI=1S/C5H9N2O2/c8-5(9)4-3-6-1-2-7-4/h4,6H,1-3H2,(H,8,9). The molecule has 0 aromatic carbocycles. The van der Waals surface area contributed by atoms with Gasteiger partial charge in [-0.2, -0.15) is 0 Å². The highest BCUT2D eigenvalue weighted by atomic mass is 16.4. The summed E-state index contributed by atoms with van der Waals surface area (Å²) in [6.45, 7) is 1.91. The van der Waals surface area contributed by atoms with Crippen molar-refractivity contribution in [3.8, 4) is 0 Å². The lowest BCUT2D eigenvalue weighted by atomic mass is 10.2. The molecule has 1 saturated heterocycles. The molecule has 2 N–H and O–H groups in total. The van der Waals surface area contributed by atoms with E-state index in [-0.39, 0.29) is 0 Å². The molecule has 0 aromatic rings. The smallest absolute Gasteiger partial charge is 0.323 e. The first kappa shape index (κ1) is 6.51. The second-order valence-electron chi connectivity index (χ2n) is 1.96. The summed E-state index contributed by atoms with van der Waals surface area (Å²) < 4.78 is 0. The van der Waals surface area contributed by atoms with Gasteiger partial charge in [-0.3, -0.25) is 4.79 Å². The van der Waals surface area contributed by atoms with Crippen molar-refractivity contribution >= 4 is 5.97 Å². The maximum atomic E-state index is 10.2. The number of carboxylic acids is 1. The molecule has 0 aromatic heterocycles. The molecule has 0 amide bonds. The summed E-state index contributed by atoms with van der Waals surface area (Å²) in [5, 5.41) is 15.2. The van der Waals surface area contributed by atoms with E-state index in [9.17, 15) is 4.79 Å². The number of nitrogens with zero attached hydrogens (tertiary/aromatic N) is 1. The maximum Gasteiger partial charge on any atom is 0.323 e. The van der Waals surface area contributed by atoms with Crippen molar-refractivity contribution in [3.63, 3.8) is 0 Å². The normalized spacial score (nSPS) is 27.8. The Morgan fingerprint density at radius 1 is 1.78 bits per heavy atom. The molecule has 0 spiro atoms. The van der Waals surface area contributed by atoms with Crippen molar-refractivity contribution in [2.75, 3.05) is 19.6 Å². The van der Waals surface area contributed by atoms with Crippen molar-refractivity contribution in [2.45, 2.75) is 6.04 Å². The molecule has 1 rings (SSSR count). The van der Waals surface area contributed by atoms with Gasteiger partial charge >= 0.3 is 5.97 Å². The van der Waals surface area contributed by atoms with Gasteiger partial charge in [-0.15, -0.1) is 0 Å². The van der Waals surface area contributed by atoms with Crippen molar-refractivity contribution < 1.29 is 9.90 Å². The van der Waals surface area contributed by atoms with Gasteiger partial charge < -0.3 is 10.4 Å². The largest absolute Gasteiger partial charge is 0.480 e. The van der Waals surface area contributed by atoms with Crippen LogP contribution in [0.5, 0.6) is 0 Å². The fourth-order valence-electron chi connectivity index (χ4n) is 0.768. The predicted octanol–water partition coefficient (Wildman–Crippen LogP) is -1.35. The van der Waals surface area contributed by atoms with Crippen LogP contribution in [0.2, 0.25) is 0 Å². The summed E-state index contributed by atoms with van der Waals surface area (Å²) in [7, 11) is 0. The van der Waals surface area contributed by atoms with Crippen molar-refractivity contribution in [2.24, 2.45) is 0 Å². The third-order valence-corrected chi connectivity index (χ3v) is 1.26. The number of hydrogen-bond acceptors (Lipinski definition) is 2. The number of hydrogen-bond donors (Lipinski definition) is 2. The lowest BCUT2D eigenvalue weighted by Crippen LogP contribution is -2.48. The molecule has 4 heteroatoms. The Labute approximate surface area is 53.2 Å². The molecular formula is C5H9N2O2. The van der Waals surface area contributed by atoms with Crippen LogP contribution in [0.15, 0.2) is 0 Å². The molecule has 9 heavy (non-hydrogen) atoms. The first-order chi connectivity index (χ1) is 4.30. The third-order valence-electron chi connectivity index (χ3n) is 1.26. The van der Waals surface area contributed by atoms with E-state index in [1.807, 2.05) is 0 Å². The second-order valence-corrected chi connectivity index (χ2v) is 1.96. The molecular weight excluding hydrogens is 120 g/mol. The SMILES string of the molecule is O=C(O)C1CNCC[N]1. The van der Waals surface area contributed by atoms with E-state index in [1.54, 1.807) is 0 Å². The quantitative estimate of drug-likeness (QED) is 0.460. The molecule has 1 unspecified atom stereocenters. The van der Waals surface area contributed by atoms with Gasteiger partial charge in [0.2, 0.25) is 0 Å². The number of carbonyl (C=O) groups is 1. The minimum atomic E-state index is -0.831. The highest BCUT2D eigenvalue weighted by Crippen LogP contribution is 1.87. The van der Waals surface area contributed by atoms with E-state index in [4.69, 9.17) is 5.11 Å². The summed E-state index contributed by atoms with van der Waals surface area (Å²) in [5.74, 6) is -0.831. The van der Waals surface area contributed by atoms with E-state index in [1.165, 1.54) is 0 Å². The minimum absolute atomic E-state index is 0.481. The van der Waals surface area contributed by atoms with Gasteiger partial charge in [0.15, 0.2) is 0 Å². The average molecular weight is 129 g/mol. The average Bonchev–Trinajstić information content (AvgIpc) is 1.90. The van der Waals surface area contributed by atoms with Crippen LogP contribution in [0, 0.1) is 0 Å². The Morgan fingerprint density at radius 3 is 2.89 bits per heavy atom. The van der Waals surface area contributed by atoms with Gasteiger partial charge in [-0.05, 0) is 0 Å². The van der Waals surface area contributed by atoms with E-state index in [0.29, 0.717) is 13.1 Å². The zero-order valence-corrected chi connectivity index (χ0v) is 5.00. The van der Waals surface area contributed by atoms with E-state index in [2.05, 4.69) is 10.6 Å². The van der Waals surface area contributed by atoms with Gasteiger partial charge in [0.25, 0.3) is 0 Å². The van der Waals surface area contributed by atoms with Crippen LogP contribution in [0.25, 0.3) is 0 Å².